The van der Waals surface area contributed by atoms with E-state index in [1.165, 1.54) is 23.5 Å². The van der Waals surface area contributed by atoms with E-state index in [-0.39, 0.29) is 17.3 Å². The number of sulfonamides is 1. The normalized spacial score (nSPS) is 11.6. The van der Waals surface area contributed by atoms with Crippen LogP contribution in [0.5, 0.6) is 0 Å². The van der Waals surface area contributed by atoms with Gasteiger partial charge in [-0.2, -0.15) is 0 Å². The van der Waals surface area contributed by atoms with Crippen LogP contribution in [0.3, 0.4) is 0 Å². The van der Waals surface area contributed by atoms with Crippen LogP contribution < -0.4 is 10.0 Å². The number of carbonyl (C=O) groups excluding carboxylic acids is 1. The third kappa shape index (κ3) is 3.92. The van der Waals surface area contributed by atoms with Crippen molar-refractivity contribution >= 4 is 37.5 Å². The fraction of sp³-hybridized carbons (Fsp3) is 0.222. The molecule has 0 atom stereocenters. The van der Waals surface area contributed by atoms with E-state index >= 15 is 0 Å². The zero-order chi connectivity index (χ0) is 18.7. The maximum absolute atomic E-state index is 12.5. The van der Waals surface area contributed by atoms with Crippen molar-refractivity contribution in [1.29, 1.82) is 0 Å². The topological polar surface area (TPSA) is 88.2 Å². The highest BCUT2D eigenvalue weighted by Crippen LogP contribution is 2.21. The molecule has 0 aliphatic heterocycles. The Morgan fingerprint density at radius 2 is 1.96 bits per heavy atom. The molecule has 2 N–H and O–H groups in total. The van der Waals surface area contributed by atoms with Crippen LogP contribution in [0.15, 0.2) is 47.4 Å². The molecule has 26 heavy (non-hydrogen) atoms. The number of thiazole rings is 1. The number of rotatable bonds is 6. The second kappa shape index (κ2) is 7.53. The molecule has 0 fully saturated rings. The first-order valence-electron chi connectivity index (χ1n) is 8.13. The van der Waals surface area contributed by atoms with Crippen molar-refractivity contribution in [2.45, 2.75) is 25.3 Å². The second-order valence-electron chi connectivity index (χ2n) is 5.74. The molecule has 2 aromatic carbocycles. The third-order valence-electron chi connectivity index (χ3n) is 3.84. The molecule has 0 spiro atoms. The van der Waals surface area contributed by atoms with Gasteiger partial charge in [-0.05, 0) is 36.8 Å². The Hall–Kier alpha value is -2.29. The van der Waals surface area contributed by atoms with Gasteiger partial charge in [-0.15, -0.1) is 11.3 Å². The van der Waals surface area contributed by atoms with Crippen LogP contribution in [0.2, 0.25) is 0 Å². The molecule has 136 valence electrons. The SMILES string of the molecule is CCNS(=O)(=O)c1ccc(C)c(C(=O)NCc2nc3ccccc3s2)c1. The summed E-state index contributed by atoms with van der Waals surface area (Å²) in [5.74, 6) is -0.324. The van der Waals surface area contributed by atoms with E-state index in [4.69, 9.17) is 0 Å². The van der Waals surface area contributed by atoms with Crippen LogP contribution in [0.25, 0.3) is 10.2 Å². The minimum Gasteiger partial charge on any atom is -0.346 e. The highest BCUT2D eigenvalue weighted by Gasteiger charge is 2.17. The second-order valence-corrected chi connectivity index (χ2v) is 8.62. The highest BCUT2D eigenvalue weighted by molar-refractivity contribution is 7.89. The molecule has 3 aromatic rings. The summed E-state index contributed by atoms with van der Waals surface area (Å²) in [5, 5.41) is 3.62. The number of aromatic nitrogens is 1. The fourth-order valence-electron chi connectivity index (χ4n) is 2.53. The van der Waals surface area contributed by atoms with Gasteiger partial charge >= 0.3 is 0 Å². The molecule has 1 aromatic heterocycles. The van der Waals surface area contributed by atoms with Crippen molar-refractivity contribution < 1.29 is 13.2 Å². The van der Waals surface area contributed by atoms with Crippen molar-refractivity contribution in [3.8, 4) is 0 Å². The van der Waals surface area contributed by atoms with Gasteiger partial charge in [0, 0.05) is 12.1 Å². The van der Waals surface area contributed by atoms with Gasteiger partial charge in [-0.25, -0.2) is 18.1 Å². The standard InChI is InChI=1S/C18H19N3O3S2/c1-3-20-26(23,24)13-9-8-12(2)14(10-13)18(22)19-11-17-21-15-6-4-5-7-16(15)25-17/h4-10,20H,3,11H2,1-2H3,(H,19,22). The van der Waals surface area contributed by atoms with Gasteiger partial charge < -0.3 is 5.32 Å². The van der Waals surface area contributed by atoms with Crippen molar-refractivity contribution in [3.63, 3.8) is 0 Å². The van der Waals surface area contributed by atoms with Crippen LogP contribution in [0.1, 0.15) is 27.9 Å². The molecular weight excluding hydrogens is 370 g/mol. The van der Waals surface area contributed by atoms with Crippen molar-refractivity contribution in [2.24, 2.45) is 0 Å². The Balaban J connectivity index is 1.78. The lowest BCUT2D eigenvalue weighted by Gasteiger charge is -2.10. The van der Waals surface area contributed by atoms with E-state index in [2.05, 4.69) is 15.0 Å². The number of nitrogens with one attached hydrogen (secondary N) is 2. The Morgan fingerprint density at radius 3 is 2.69 bits per heavy atom. The van der Waals surface area contributed by atoms with Crippen molar-refractivity contribution in [3.05, 3.63) is 58.6 Å². The summed E-state index contributed by atoms with van der Waals surface area (Å²) in [7, 11) is -3.61. The molecule has 8 heteroatoms. The molecule has 0 bridgehead atoms. The van der Waals surface area contributed by atoms with E-state index in [1.807, 2.05) is 24.3 Å². The minimum atomic E-state index is -3.61. The van der Waals surface area contributed by atoms with Gasteiger partial charge in [-0.1, -0.05) is 25.1 Å². The van der Waals surface area contributed by atoms with E-state index in [1.54, 1.807) is 19.9 Å². The molecule has 0 aliphatic rings. The first-order valence-corrected chi connectivity index (χ1v) is 10.4. The van der Waals surface area contributed by atoms with Crippen LogP contribution in [-0.4, -0.2) is 25.9 Å². The van der Waals surface area contributed by atoms with E-state index < -0.39 is 10.0 Å². The lowest BCUT2D eigenvalue weighted by atomic mass is 10.1. The maximum Gasteiger partial charge on any atom is 0.251 e. The Labute approximate surface area is 156 Å². The molecule has 6 nitrogen and oxygen atoms in total. The maximum atomic E-state index is 12.5. The molecule has 1 amide bonds. The van der Waals surface area contributed by atoms with E-state index in [9.17, 15) is 13.2 Å². The minimum absolute atomic E-state index is 0.0788. The summed E-state index contributed by atoms with van der Waals surface area (Å²) in [6.07, 6.45) is 0. The van der Waals surface area contributed by atoms with Crippen molar-refractivity contribution in [2.75, 3.05) is 6.54 Å². The van der Waals surface area contributed by atoms with Gasteiger partial charge in [0.25, 0.3) is 5.91 Å². The molecule has 0 radical (unpaired) electrons. The van der Waals surface area contributed by atoms with Crippen LogP contribution in [0, 0.1) is 6.92 Å². The number of carbonyl (C=O) groups is 1. The molecule has 1 heterocycles. The number of hydrogen-bond acceptors (Lipinski definition) is 5. The third-order valence-corrected chi connectivity index (χ3v) is 6.42. The molecule has 0 aliphatic carbocycles. The van der Waals surface area contributed by atoms with Crippen LogP contribution >= 0.6 is 11.3 Å². The van der Waals surface area contributed by atoms with Gasteiger partial charge in [0.05, 0.1) is 21.7 Å². The molecule has 0 saturated heterocycles. The number of amides is 1. The number of nitrogens with zero attached hydrogens (tertiary/aromatic N) is 1. The summed E-state index contributed by atoms with van der Waals surface area (Å²) < 4.78 is 27.8. The zero-order valence-corrected chi connectivity index (χ0v) is 16.1. The number of para-hydroxylation sites is 1. The molecule has 3 rings (SSSR count). The van der Waals surface area contributed by atoms with Gasteiger partial charge in [0.15, 0.2) is 0 Å². The predicted octanol–water partition coefficient (Wildman–Crippen LogP) is 2.83. The zero-order valence-electron chi connectivity index (χ0n) is 14.4. The average Bonchev–Trinajstić information content (AvgIpc) is 3.02. The number of hydrogen-bond donors (Lipinski definition) is 2. The Morgan fingerprint density at radius 1 is 1.19 bits per heavy atom. The van der Waals surface area contributed by atoms with Gasteiger partial charge in [0.1, 0.15) is 5.01 Å². The lowest BCUT2D eigenvalue weighted by molar-refractivity contribution is 0.0950. The van der Waals surface area contributed by atoms with Crippen LogP contribution in [0.4, 0.5) is 0 Å². The van der Waals surface area contributed by atoms with Crippen molar-refractivity contribution in [1.82, 2.24) is 15.0 Å². The predicted molar refractivity (Wildman–Crippen MR) is 103 cm³/mol. The van der Waals surface area contributed by atoms with Gasteiger partial charge in [0.2, 0.25) is 10.0 Å². The highest BCUT2D eigenvalue weighted by atomic mass is 32.2. The van der Waals surface area contributed by atoms with E-state index in [0.717, 1.165) is 15.2 Å². The summed E-state index contributed by atoms with van der Waals surface area (Å²) in [5.41, 5.74) is 1.95. The average molecular weight is 390 g/mol. The fourth-order valence-corrected chi connectivity index (χ4v) is 4.51. The smallest absolute Gasteiger partial charge is 0.251 e. The summed E-state index contributed by atoms with van der Waals surface area (Å²) in [4.78, 5) is 17.1. The quantitative estimate of drug-likeness (QED) is 0.679. The van der Waals surface area contributed by atoms with E-state index in [0.29, 0.717) is 17.7 Å². The Kier molecular flexibility index (Phi) is 5.36. The lowest BCUT2D eigenvalue weighted by Crippen LogP contribution is -2.26. The first kappa shape index (κ1) is 18.5. The van der Waals surface area contributed by atoms with Gasteiger partial charge in [-0.3, -0.25) is 4.79 Å². The number of benzene rings is 2. The summed E-state index contributed by atoms with van der Waals surface area (Å²) in [6.45, 7) is 4.06. The number of aryl methyl sites for hydroxylation is 1. The molecule has 0 saturated carbocycles. The summed E-state index contributed by atoms with van der Waals surface area (Å²) >= 11 is 1.52. The van der Waals surface area contributed by atoms with Crippen LogP contribution in [-0.2, 0) is 16.6 Å². The monoisotopic (exact) mass is 389 g/mol. The molecular formula is C18H19N3O3S2. The largest absolute Gasteiger partial charge is 0.346 e. The molecule has 0 unspecified atom stereocenters. The number of fused-ring (bicyclic) bond motifs is 1. The Bertz CT molecular complexity index is 1030. The summed E-state index contributed by atoms with van der Waals surface area (Å²) in [6, 6.07) is 12.3. The first-order chi connectivity index (χ1) is 12.4.